The van der Waals surface area contributed by atoms with Gasteiger partial charge in [0.2, 0.25) is 10.0 Å². The molecule has 0 radical (unpaired) electrons. The van der Waals surface area contributed by atoms with Gasteiger partial charge in [0.1, 0.15) is 4.90 Å². The van der Waals surface area contributed by atoms with Crippen LogP contribution in [-0.4, -0.2) is 30.3 Å². The minimum atomic E-state index is -3.55. The molecule has 8 heteroatoms. The third-order valence-electron chi connectivity index (χ3n) is 3.09. The van der Waals surface area contributed by atoms with Crippen molar-refractivity contribution in [3.8, 4) is 0 Å². The molecule has 1 aromatic rings. The maximum atomic E-state index is 12.1. The summed E-state index contributed by atoms with van der Waals surface area (Å²) in [7, 11) is -1.87. The van der Waals surface area contributed by atoms with Crippen molar-refractivity contribution in [2.45, 2.75) is 37.1 Å². The van der Waals surface area contributed by atoms with Crippen LogP contribution in [0.4, 0.5) is 0 Å². The Labute approximate surface area is 114 Å². The van der Waals surface area contributed by atoms with E-state index in [1.807, 2.05) is 13.8 Å². The fraction of sp³-hybridized carbons (Fsp3) is 0.700. The monoisotopic (exact) mass is 296 g/mol. The van der Waals surface area contributed by atoms with E-state index < -0.39 is 15.6 Å². The molecule has 0 atom stereocenters. The van der Waals surface area contributed by atoms with Crippen molar-refractivity contribution in [3.63, 3.8) is 0 Å². The number of aryl methyl sites for hydroxylation is 1. The van der Waals surface area contributed by atoms with Crippen LogP contribution in [0.2, 0.25) is 0 Å². The van der Waals surface area contributed by atoms with Crippen molar-refractivity contribution < 1.29 is 8.42 Å². The van der Waals surface area contributed by atoms with Crippen molar-refractivity contribution in [1.29, 1.82) is 0 Å². The van der Waals surface area contributed by atoms with Gasteiger partial charge in [-0.3, -0.25) is 4.68 Å². The number of nitrogens with one attached hydrogen (secondary N) is 1. The Morgan fingerprint density at radius 2 is 2.00 bits per heavy atom. The van der Waals surface area contributed by atoms with E-state index in [-0.39, 0.29) is 23.8 Å². The lowest BCUT2D eigenvalue weighted by Crippen LogP contribution is -2.52. The second-order valence-corrected chi connectivity index (χ2v) is 5.83. The molecule has 0 spiro atoms. The number of aromatic nitrogens is 2. The van der Waals surface area contributed by atoms with Gasteiger partial charge in [-0.25, -0.2) is 13.1 Å². The van der Waals surface area contributed by atoms with Gasteiger partial charge >= 0.3 is 0 Å². The van der Waals surface area contributed by atoms with Gasteiger partial charge in [-0.1, -0.05) is 13.8 Å². The van der Waals surface area contributed by atoms with E-state index >= 15 is 0 Å². The zero-order chi connectivity index (χ0) is 13.1. The van der Waals surface area contributed by atoms with Crippen LogP contribution >= 0.6 is 12.4 Å². The van der Waals surface area contributed by atoms with Crippen molar-refractivity contribution in [1.82, 2.24) is 14.5 Å². The summed E-state index contributed by atoms with van der Waals surface area (Å²) in [5, 5.41) is 3.86. The smallest absolute Gasteiger partial charge is 0.244 e. The van der Waals surface area contributed by atoms with Gasteiger partial charge in [0, 0.05) is 25.3 Å². The van der Waals surface area contributed by atoms with Crippen LogP contribution < -0.4 is 10.5 Å². The molecule has 106 valence electrons. The molecule has 0 saturated heterocycles. The number of halogens is 1. The molecule has 0 unspecified atom stereocenters. The summed E-state index contributed by atoms with van der Waals surface area (Å²) in [4.78, 5) is 0.166. The Morgan fingerprint density at radius 1 is 1.44 bits per heavy atom. The summed E-state index contributed by atoms with van der Waals surface area (Å²) in [6, 6.07) is 0. The van der Waals surface area contributed by atoms with Crippen molar-refractivity contribution >= 4 is 22.4 Å². The quantitative estimate of drug-likeness (QED) is 0.806. The van der Waals surface area contributed by atoms with Gasteiger partial charge in [-0.15, -0.1) is 12.4 Å². The number of sulfonamides is 1. The highest BCUT2D eigenvalue weighted by Gasteiger charge is 2.31. The predicted octanol–water partition coefficient (Wildman–Crippen LogP) is 0.638. The van der Waals surface area contributed by atoms with Gasteiger partial charge in [-0.05, 0) is 12.8 Å². The topological polar surface area (TPSA) is 90.0 Å². The Bertz CT molecular complexity index is 460. The van der Waals surface area contributed by atoms with Gasteiger partial charge in [0.15, 0.2) is 0 Å². The molecule has 6 nitrogen and oxygen atoms in total. The summed E-state index contributed by atoms with van der Waals surface area (Å²) < 4.78 is 28.4. The van der Waals surface area contributed by atoms with Crippen molar-refractivity contribution in [3.05, 3.63) is 12.4 Å². The van der Waals surface area contributed by atoms with E-state index in [0.717, 1.165) is 0 Å². The Balaban J connectivity index is 0.00000289. The van der Waals surface area contributed by atoms with Crippen LogP contribution in [0.15, 0.2) is 17.3 Å². The summed E-state index contributed by atoms with van der Waals surface area (Å²) in [6.45, 7) is 4.11. The molecule has 0 aliphatic heterocycles. The van der Waals surface area contributed by atoms with Crippen LogP contribution in [0.25, 0.3) is 0 Å². The third-order valence-corrected chi connectivity index (χ3v) is 4.62. The molecule has 0 fully saturated rings. The first kappa shape index (κ1) is 17.4. The first-order chi connectivity index (χ1) is 7.89. The maximum absolute atomic E-state index is 12.1. The zero-order valence-electron chi connectivity index (χ0n) is 10.9. The highest BCUT2D eigenvalue weighted by atomic mass is 35.5. The molecule has 0 aliphatic carbocycles. The molecule has 0 saturated carbocycles. The lowest BCUT2D eigenvalue weighted by molar-refractivity contribution is 0.363. The van der Waals surface area contributed by atoms with E-state index in [0.29, 0.717) is 12.8 Å². The molecule has 0 bridgehead atoms. The SMILES string of the molecule is CCC(CC)(CN)NS(=O)(=O)c1cnn(C)c1.Cl. The third kappa shape index (κ3) is 3.68. The average molecular weight is 297 g/mol. The van der Waals surface area contributed by atoms with E-state index in [1.165, 1.54) is 17.1 Å². The van der Waals surface area contributed by atoms with Crippen LogP contribution in [0.1, 0.15) is 26.7 Å². The van der Waals surface area contributed by atoms with E-state index in [9.17, 15) is 8.42 Å². The van der Waals surface area contributed by atoms with Crippen LogP contribution in [0.5, 0.6) is 0 Å². The van der Waals surface area contributed by atoms with Crippen LogP contribution in [0.3, 0.4) is 0 Å². The molecular weight excluding hydrogens is 276 g/mol. The number of nitrogens with zero attached hydrogens (tertiary/aromatic N) is 2. The van der Waals surface area contributed by atoms with Crippen molar-refractivity contribution in [2.75, 3.05) is 6.54 Å². The van der Waals surface area contributed by atoms with Gasteiger partial charge in [0.05, 0.1) is 6.20 Å². The zero-order valence-corrected chi connectivity index (χ0v) is 12.5. The highest BCUT2D eigenvalue weighted by molar-refractivity contribution is 7.89. The molecular formula is C10H21ClN4O2S. The Kier molecular flexibility index (Phi) is 6.28. The minimum Gasteiger partial charge on any atom is -0.329 e. The molecule has 0 aromatic carbocycles. The predicted molar refractivity (Wildman–Crippen MR) is 73.1 cm³/mol. The standard InChI is InChI=1S/C10H20N4O2S.ClH/c1-4-10(5-2,8-11)13-17(15,16)9-6-12-14(3)7-9;/h6-7,13H,4-5,8,11H2,1-3H3;1H. The summed E-state index contributed by atoms with van der Waals surface area (Å²) >= 11 is 0. The van der Waals surface area contributed by atoms with E-state index in [2.05, 4.69) is 9.82 Å². The second-order valence-electron chi connectivity index (χ2n) is 4.15. The van der Waals surface area contributed by atoms with Gasteiger partial charge in [-0.2, -0.15) is 5.10 Å². The summed E-state index contributed by atoms with van der Waals surface area (Å²) in [5.74, 6) is 0. The molecule has 0 amide bonds. The summed E-state index contributed by atoms with van der Waals surface area (Å²) in [5.41, 5.74) is 5.10. The van der Waals surface area contributed by atoms with Crippen LogP contribution in [0, 0.1) is 0 Å². The fourth-order valence-electron chi connectivity index (χ4n) is 1.61. The molecule has 3 N–H and O–H groups in total. The first-order valence-electron chi connectivity index (χ1n) is 5.62. The van der Waals surface area contributed by atoms with Gasteiger partial charge in [0.25, 0.3) is 0 Å². The lowest BCUT2D eigenvalue weighted by atomic mass is 9.95. The lowest BCUT2D eigenvalue weighted by Gasteiger charge is -2.30. The molecule has 1 rings (SSSR count). The van der Waals surface area contributed by atoms with Crippen LogP contribution in [-0.2, 0) is 17.1 Å². The molecule has 18 heavy (non-hydrogen) atoms. The Hall–Kier alpha value is -0.630. The largest absolute Gasteiger partial charge is 0.329 e. The Morgan fingerprint density at radius 3 is 2.33 bits per heavy atom. The first-order valence-corrected chi connectivity index (χ1v) is 7.10. The minimum absolute atomic E-state index is 0. The number of rotatable bonds is 6. The number of nitrogens with two attached hydrogens (primary N) is 1. The number of hydrogen-bond donors (Lipinski definition) is 2. The number of hydrogen-bond acceptors (Lipinski definition) is 4. The molecule has 0 aliphatic rings. The summed E-state index contributed by atoms with van der Waals surface area (Å²) in [6.07, 6.45) is 4.10. The van der Waals surface area contributed by atoms with Gasteiger partial charge < -0.3 is 5.73 Å². The molecule has 1 aromatic heterocycles. The normalized spacial score (nSPS) is 12.2. The molecule has 1 heterocycles. The van der Waals surface area contributed by atoms with E-state index in [4.69, 9.17) is 5.73 Å². The average Bonchev–Trinajstić information content (AvgIpc) is 2.74. The van der Waals surface area contributed by atoms with E-state index in [1.54, 1.807) is 7.05 Å². The van der Waals surface area contributed by atoms with Crippen molar-refractivity contribution in [2.24, 2.45) is 12.8 Å². The highest BCUT2D eigenvalue weighted by Crippen LogP contribution is 2.18. The fourth-order valence-corrected chi connectivity index (χ4v) is 3.14. The second kappa shape index (κ2) is 6.51. The maximum Gasteiger partial charge on any atom is 0.244 e.